The van der Waals surface area contributed by atoms with Gasteiger partial charge in [-0.2, -0.15) is 0 Å². The third kappa shape index (κ3) is 3.74. The lowest BCUT2D eigenvalue weighted by molar-refractivity contribution is -0.152. The summed E-state index contributed by atoms with van der Waals surface area (Å²) >= 11 is 0. The zero-order valence-electron chi connectivity index (χ0n) is 15.4. The number of amides is 2. The van der Waals surface area contributed by atoms with E-state index in [1.54, 1.807) is 0 Å². The number of nitrogens with one attached hydrogen (secondary N) is 2. The lowest BCUT2D eigenvalue weighted by atomic mass is 9.49. The molecule has 0 radical (unpaired) electrons. The molecule has 2 amide bonds. The van der Waals surface area contributed by atoms with E-state index in [2.05, 4.69) is 10.6 Å². The molecule has 6 nitrogen and oxygen atoms in total. The second kappa shape index (κ2) is 7.20. The summed E-state index contributed by atoms with van der Waals surface area (Å²) in [5.74, 6) is 1.31. The van der Waals surface area contributed by atoms with Crippen LogP contribution in [-0.2, 0) is 19.1 Å². The molecule has 0 unspecified atom stereocenters. The van der Waals surface area contributed by atoms with Gasteiger partial charge in [0.05, 0.1) is 0 Å². The maximum Gasteiger partial charge on any atom is 0.325 e. The van der Waals surface area contributed by atoms with Gasteiger partial charge in [0.1, 0.15) is 6.54 Å². The van der Waals surface area contributed by atoms with Gasteiger partial charge in [-0.05, 0) is 69.1 Å². The second-order valence-corrected chi connectivity index (χ2v) is 9.09. The first kappa shape index (κ1) is 17.8. The average Bonchev–Trinajstić information content (AvgIpc) is 3.09. The number of hydrogen-bond donors (Lipinski definition) is 2. The molecule has 0 aliphatic heterocycles. The van der Waals surface area contributed by atoms with Crippen LogP contribution in [0.1, 0.15) is 64.2 Å². The molecule has 4 bridgehead atoms. The van der Waals surface area contributed by atoms with Gasteiger partial charge in [0.25, 0.3) is 5.91 Å². The number of esters is 1. The normalized spacial score (nSPS) is 35.3. The number of ether oxygens (including phenoxy) is 1. The molecule has 5 aliphatic rings. The molecule has 0 aromatic heterocycles. The third-order valence-corrected chi connectivity index (χ3v) is 7.00. The Balaban J connectivity index is 1.19. The SMILES string of the molecule is O=C(COC(=O)CNC(=O)C12CC3CC(CC(C3)C1)C2)NC1CCCC1. The molecule has 5 aliphatic carbocycles. The van der Waals surface area contributed by atoms with E-state index < -0.39 is 5.97 Å². The molecule has 5 rings (SSSR count). The molecule has 0 aromatic carbocycles. The van der Waals surface area contributed by atoms with Crippen LogP contribution in [0, 0.1) is 23.2 Å². The van der Waals surface area contributed by atoms with Gasteiger partial charge < -0.3 is 15.4 Å². The van der Waals surface area contributed by atoms with Crippen molar-refractivity contribution < 1.29 is 19.1 Å². The van der Waals surface area contributed by atoms with Crippen LogP contribution in [0.25, 0.3) is 0 Å². The highest BCUT2D eigenvalue weighted by Gasteiger charge is 2.54. The van der Waals surface area contributed by atoms with Gasteiger partial charge in [0, 0.05) is 11.5 Å². The predicted octanol–water partition coefficient (Wildman–Crippen LogP) is 1.92. The molecule has 0 aromatic rings. The molecule has 0 spiro atoms. The number of carbonyl (C=O) groups excluding carboxylic acids is 3. The molecule has 144 valence electrons. The molecular weight excluding hydrogens is 332 g/mol. The van der Waals surface area contributed by atoms with Gasteiger partial charge in [-0.15, -0.1) is 0 Å². The Kier molecular flexibility index (Phi) is 4.93. The predicted molar refractivity (Wildman–Crippen MR) is 95.0 cm³/mol. The molecule has 5 fully saturated rings. The van der Waals surface area contributed by atoms with Gasteiger partial charge in [-0.25, -0.2) is 0 Å². The highest BCUT2D eigenvalue weighted by Crippen LogP contribution is 2.60. The zero-order chi connectivity index (χ0) is 18.1. The average molecular weight is 362 g/mol. The smallest absolute Gasteiger partial charge is 0.325 e. The van der Waals surface area contributed by atoms with E-state index in [1.165, 1.54) is 19.3 Å². The van der Waals surface area contributed by atoms with Crippen molar-refractivity contribution in [3.63, 3.8) is 0 Å². The van der Waals surface area contributed by atoms with Crippen molar-refractivity contribution in [2.45, 2.75) is 70.3 Å². The lowest BCUT2D eigenvalue weighted by Gasteiger charge is -2.55. The van der Waals surface area contributed by atoms with Crippen LogP contribution in [0.2, 0.25) is 0 Å². The van der Waals surface area contributed by atoms with E-state index in [-0.39, 0.29) is 36.4 Å². The fraction of sp³-hybridized carbons (Fsp3) is 0.850. The standard InChI is InChI=1S/C20H30N2O4/c23-17(22-16-3-1-2-4-16)12-26-18(24)11-21-19(25)20-8-13-5-14(9-20)7-15(6-13)10-20/h13-16H,1-12H2,(H,21,25)(H,22,23). The van der Waals surface area contributed by atoms with Crippen LogP contribution in [0.3, 0.4) is 0 Å². The van der Waals surface area contributed by atoms with Gasteiger partial charge in [-0.3, -0.25) is 14.4 Å². The molecule has 0 atom stereocenters. The Labute approximate surface area is 154 Å². The molecule has 26 heavy (non-hydrogen) atoms. The summed E-state index contributed by atoms with van der Waals surface area (Å²) in [6.45, 7) is -0.403. The van der Waals surface area contributed by atoms with Crippen LogP contribution in [0.5, 0.6) is 0 Å². The topological polar surface area (TPSA) is 84.5 Å². The van der Waals surface area contributed by atoms with Crippen molar-refractivity contribution in [2.75, 3.05) is 13.2 Å². The highest BCUT2D eigenvalue weighted by molar-refractivity contribution is 5.87. The number of carbonyl (C=O) groups is 3. The minimum Gasteiger partial charge on any atom is -0.454 e. The van der Waals surface area contributed by atoms with Crippen LogP contribution < -0.4 is 10.6 Å². The fourth-order valence-corrected chi connectivity index (χ4v) is 6.27. The van der Waals surface area contributed by atoms with E-state index in [4.69, 9.17) is 4.74 Å². The summed E-state index contributed by atoms with van der Waals surface area (Å²) in [4.78, 5) is 36.5. The van der Waals surface area contributed by atoms with E-state index in [0.29, 0.717) is 17.8 Å². The summed E-state index contributed by atoms with van der Waals surface area (Å²) in [6, 6.07) is 0.219. The quantitative estimate of drug-likeness (QED) is 0.707. The first-order valence-electron chi connectivity index (χ1n) is 10.3. The van der Waals surface area contributed by atoms with Crippen molar-refractivity contribution in [1.29, 1.82) is 0 Å². The van der Waals surface area contributed by atoms with Gasteiger partial charge in [0.2, 0.25) is 5.91 Å². The van der Waals surface area contributed by atoms with Crippen molar-refractivity contribution in [3.05, 3.63) is 0 Å². The lowest BCUT2D eigenvalue weighted by Crippen LogP contribution is -2.54. The maximum absolute atomic E-state index is 12.8. The highest BCUT2D eigenvalue weighted by atomic mass is 16.5. The van der Waals surface area contributed by atoms with Crippen LogP contribution >= 0.6 is 0 Å². The Bertz CT molecular complexity index is 547. The Hall–Kier alpha value is -1.59. The van der Waals surface area contributed by atoms with Crippen LogP contribution in [-0.4, -0.2) is 37.0 Å². The van der Waals surface area contributed by atoms with Crippen LogP contribution in [0.15, 0.2) is 0 Å². The Morgan fingerprint density at radius 1 is 0.923 bits per heavy atom. The van der Waals surface area contributed by atoms with Gasteiger partial charge in [-0.1, -0.05) is 12.8 Å². The monoisotopic (exact) mass is 362 g/mol. The first-order valence-corrected chi connectivity index (χ1v) is 10.3. The first-order chi connectivity index (χ1) is 12.5. The molecule has 2 N–H and O–H groups in total. The van der Waals surface area contributed by atoms with Crippen molar-refractivity contribution in [3.8, 4) is 0 Å². The fourth-order valence-electron chi connectivity index (χ4n) is 6.27. The zero-order valence-corrected chi connectivity index (χ0v) is 15.4. The van der Waals surface area contributed by atoms with Crippen molar-refractivity contribution in [1.82, 2.24) is 10.6 Å². The molecular formula is C20H30N2O4. The Morgan fingerprint density at radius 3 is 2.08 bits per heavy atom. The summed E-state index contributed by atoms with van der Waals surface area (Å²) in [7, 11) is 0. The van der Waals surface area contributed by atoms with E-state index in [0.717, 1.165) is 44.9 Å². The largest absolute Gasteiger partial charge is 0.454 e. The Morgan fingerprint density at radius 2 is 1.50 bits per heavy atom. The summed E-state index contributed by atoms with van der Waals surface area (Å²) < 4.78 is 5.02. The van der Waals surface area contributed by atoms with E-state index in [9.17, 15) is 14.4 Å². The van der Waals surface area contributed by atoms with Gasteiger partial charge >= 0.3 is 5.97 Å². The van der Waals surface area contributed by atoms with E-state index in [1.807, 2.05) is 0 Å². The minimum absolute atomic E-state index is 0.0176. The molecule has 0 heterocycles. The van der Waals surface area contributed by atoms with Crippen LogP contribution in [0.4, 0.5) is 0 Å². The molecule has 5 saturated carbocycles. The second-order valence-electron chi connectivity index (χ2n) is 9.09. The van der Waals surface area contributed by atoms with Crippen molar-refractivity contribution in [2.24, 2.45) is 23.2 Å². The van der Waals surface area contributed by atoms with Gasteiger partial charge in [0.15, 0.2) is 6.61 Å². The minimum atomic E-state index is -0.537. The molecule has 6 heteroatoms. The van der Waals surface area contributed by atoms with E-state index >= 15 is 0 Å². The summed E-state index contributed by atoms with van der Waals surface area (Å²) in [5, 5.41) is 5.68. The third-order valence-electron chi connectivity index (χ3n) is 7.00. The molecule has 0 saturated heterocycles. The summed E-state index contributed by atoms with van der Waals surface area (Å²) in [6.07, 6.45) is 11.1. The number of rotatable bonds is 6. The maximum atomic E-state index is 12.8. The summed E-state index contributed by atoms with van der Waals surface area (Å²) in [5.41, 5.74) is -0.255. The number of hydrogen-bond acceptors (Lipinski definition) is 4. The van der Waals surface area contributed by atoms with Crippen molar-refractivity contribution >= 4 is 17.8 Å².